The van der Waals surface area contributed by atoms with Gasteiger partial charge in [-0.05, 0) is 74.6 Å². The van der Waals surface area contributed by atoms with Crippen LogP contribution < -0.4 is 20.9 Å². The molecule has 6 rings (SSSR count). The largest absolute Gasteiger partial charge is 0.369 e. The van der Waals surface area contributed by atoms with Crippen LogP contribution in [-0.2, 0) is 12.8 Å². The smallest absolute Gasteiger partial charge is 0.257 e. The lowest BCUT2D eigenvalue weighted by Crippen LogP contribution is -2.43. The molecule has 4 heterocycles. The fourth-order valence-corrected chi connectivity index (χ4v) is 5.44. The molecule has 2 aromatic carbocycles. The number of para-hydroxylation sites is 1. The number of hydrogen-bond donors (Lipinski definition) is 3. The van der Waals surface area contributed by atoms with Crippen LogP contribution in [0.25, 0.3) is 5.82 Å². The van der Waals surface area contributed by atoms with Gasteiger partial charge in [0.05, 0.1) is 5.56 Å². The molecule has 0 radical (unpaired) electrons. The van der Waals surface area contributed by atoms with Crippen molar-refractivity contribution in [3.63, 3.8) is 0 Å². The van der Waals surface area contributed by atoms with E-state index in [2.05, 4.69) is 51.0 Å². The standard InChI is InChI=1S/C30H33N7O/c1-19-5-4-6-20(2)27(19)34-29(38)24-11-14-37-26(24)10-7-22-18-32-30(35-28(22)37)33-25-9-8-23(17-21(25)3)36-15-12-31-13-16-36/h4-6,8-9,11,14,17-18,31H,7,10,12-13,15-16H2,1-3H3,(H,34,38)(H,32,33,35). The van der Waals surface area contributed by atoms with Gasteiger partial charge in [0.2, 0.25) is 5.95 Å². The van der Waals surface area contributed by atoms with Crippen molar-refractivity contribution >= 4 is 28.9 Å². The molecule has 3 N–H and O–H groups in total. The third kappa shape index (κ3) is 4.52. The zero-order valence-electron chi connectivity index (χ0n) is 22.1. The number of aryl methyl sites for hydroxylation is 4. The fourth-order valence-electron chi connectivity index (χ4n) is 5.44. The van der Waals surface area contributed by atoms with Crippen molar-refractivity contribution in [2.24, 2.45) is 0 Å². The molecule has 2 aliphatic heterocycles. The van der Waals surface area contributed by atoms with E-state index in [1.54, 1.807) is 0 Å². The Morgan fingerprint density at radius 1 is 0.974 bits per heavy atom. The Kier molecular flexibility index (Phi) is 6.33. The molecule has 1 saturated heterocycles. The van der Waals surface area contributed by atoms with Crippen LogP contribution in [0.2, 0.25) is 0 Å². The SMILES string of the molecule is Cc1cc(N2CCNCC2)ccc1Nc1ncc2c(n1)-n1ccc(C(=O)Nc3c(C)cccc3C)c1CC2. The first-order chi connectivity index (χ1) is 18.5. The van der Waals surface area contributed by atoms with E-state index in [1.165, 1.54) is 5.69 Å². The van der Waals surface area contributed by atoms with Crippen molar-refractivity contribution in [3.05, 3.63) is 88.4 Å². The van der Waals surface area contributed by atoms with E-state index in [4.69, 9.17) is 4.98 Å². The molecule has 4 aromatic rings. The van der Waals surface area contributed by atoms with E-state index >= 15 is 0 Å². The van der Waals surface area contributed by atoms with Gasteiger partial charge in [0.25, 0.3) is 5.91 Å². The minimum absolute atomic E-state index is 0.0906. The molecular formula is C30H33N7O. The minimum Gasteiger partial charge on any atom is -0.369 e. The van der Waals surface area contributed by atoms with Gasteiger partial charge in [0, 0.05) is 66.9 Å². The van der Waals surface area contributed by atoms with Crippen LogP contribution in [0.15, 0.2) is 54.9 Å². The monoisotopic (exact) mass is 507 g/mol. The molecule has 2 aliphatic rings. The topological polar surface area (TPSA) is 87.1 Å². The first-order valence-corrected chi connectivity index (χ1v) is 13.3. The summed E-state index contributed by atoms with van der Waals surface area (Å²) >= 11 is 0. The van der Waals surface area contributed by atoms with E-state index in [0.717, 1.165) is 84.2 Å². The Labute approximate surface area is 223 Å². The molecule has 38 heavy (non-hydrogen) atoms. The number of aromatic nitrogens is 3. The second-order valence-electron chi connectivity index (χ2n) is 10.2. The van der Waals surface area contributed by atoms with E-state index in [1.807, 2.05) is 55.1 Å². The number of carbonyl (C=O) groups excluding carboxylic acids is 1. The van der Waals surface area contributed by atoms with E-state index in [-0.39, 0.29) is 5.91 Å². The summed E-state index contributed by atoms with van der Waals surface area (Å²) in [5.74, 6) is 1.28. The summed E-state index contributed by atoms with van der Waals surface area (Å²) < 4.78 is 2.03. The number of carbonyl (C=O) groups is 1. The van der Waals surface area contributed by atoms with Crippen LogP contribution in [0.4, 0.5) is 23.0 Å². The van der Waals surface area contributed by atoms with Crippen molar-refractivity contribution in [1.29, 1.82) is 0 Å². The third-order valence-electron chi connectivity index (χ3n) is 7.60. The van der Waals surface area contributed by atoms with Crippen molar-refractivity contribution in [2.75, 3.05) is 41.7 Å². The van der Waals surface area contributed by atoms with Gasteiger partial charge in [-0.15, -0.1) is 0 Å². The number of rotatable bonds is 5. The molecule has 0 saturated carbocycles. The van der Waals surface area contributed by atoms with Crippen LogP contribution in [0.5, 0.6) is 0 Å². The maximum absolute atomic E-state index is 13.3. The third-order valence-corrected chi connectivity index (χ3v) is 7.60. The number of hydrogen-bond acceptors (Lipinski definition) is 6. The molecule has 194 valence electrons. The van der Waals surface area contributed by atoms with Crippen LogP contribution in [0.3, 0.4) is 0 Å². The molecule has 8 heteroatoms. The quantitative estimate of drug-likeness (QED) is 0.363. The van der Waals surface area contributed by atoms with Gasteiger partial charge in [0.1, 0.15) is 5.82 Å². The highest BCUT2D eigenvalue weighted by Gasteiger charge is 2.24. The molecule has 8 nitrogen and oxygen atoms in total. The molecule has 0 bridgehead atoms. The fraction of sp³-hybridized carbons (Fsp3) is 0.300. The average molecular weight is 508 g/mol. The summed E-state index contributed by atoms with van der Waals surface area (Å²) in [4.78, 5) is 25.2. The second kappa shape index (κ2) is 9.95. The zero-order chi connectivity index (χ0) is 26.2. The predicted molar refractivity (Wildman–Crippen MR) is 152 cm³/mol. The zero-order valence-corrected chi connectivity index (χ0v) is 22.1. The van der Waals surface area contributed by atoms with E-state index in [0.29, 0.717) is 11.5 Å². The molecule has 1 amide bonds. The molecule has 1 fully saturated rings. The maximum Gasteiger partial charge on any atom is 0.257 e. The minimum atomic E-state index is -0.0906. The Hall–Kier alpha value is -4.17. The van der Waals surface area contributed by atoms with Gasteiger partial charge in [0.15, 0.2) is 0 Å². The number of benzene rings is 2. The second-order valence-corrected chi connectivity index (χ2v) is 10.2. The summed E-state index contributed by atoms with van der Waals surface area (Å²) in [5, 5.41) is 9.94. The van der Waals surface area contributed by atoms with Crippen LogP contribution >= 0.6 is 0 Å². The summed E-state index contributed by atoms with van der Waals surface area (Å²) in [6.07, 6.45) is 5.39. The highest BCUT2D eigenvalue weighted by molar-refractivity contribution is 6.06. The Bertz CT molecular complexity index is 1500. The number of fused-ring (bicyclic) bond motifs is 3. The van der Waals surface area contributed by atoms with Gasteiger partial charge in [-0.2, -0.15) is 4.98 Å². The van der Waals surface area contributed by atoms with Crippen LogP contribution in [-0.4, -0.2) is 46.6 Å². The predicted octanol–water partition coefficient (Wildman–Crippen LogP) is 4.70. The lowest BCUT2D eigenvalue weighted by atomic mass is 10.0. The molecule has 0 unspecified atom stereocenters. The summed E-state index contributed by atoms with van der Waals surface area (Å²) in [6, 6.07) is 14.4. The number of anilines is 4. The number of piperazine rings is 1. The molecule has 0 aliphatic carbocycles. The first-order valence-electron chi connectivity index (χ1n) is 13.3. The van der Waals surface area contributed by atoms with Crippen LogP contribution in [0, 0.1) is 20.8 Å². The lowest BCUT2D eigenvalue weighted by Gasteiger charge is -2.30. The molecular weight excluding hydrogens is 474 g/mol. The van der Waals surface area contributed by atoms with Crippen molar-refractivity contribution in [3.8, 4) is 5.82 Å². The highest BCUT2D eigenvalue weighted by Crippen LogP contribution is 2.30. The summed E-state index contributed by atoms with van der Waals surface area (Å²) in [5.41, 5.74) is 9.09. The average Bonchev–Trinajstić information content (AvgIpc) is 3.37. The molecule has 0 spiro atoms. The van der Waals surface area contributed by atoms with Gasteiger partial charge < -0.3 is 25.4 Å². The summed E-state index contributed by atoms with van der Waals surface area (Å²) in [6.45, 7) is 10.2. The van der Waals surface area contributed by atoms with Gasteiger partial charge in [-0.1, -0.05) is 18.2 Å². The number of nitrogens with one attached hydrogen (secondary N) is 3. The van der Waals surface area contributed by atoms with Crippen molar-refractivity contribution in [2.45, 2.75) is 33.6 Å². The van der Waals surface area contributed by atoms with Crippen molar-refractivity contribution < 1.29 is 4.79 Å². The van der Waals surface area contributed by atoms with Gasteiger partial charge in [-0.3, -0.25) is 4.79 Å². The molecule has 2 aromatic heterocycles. The Morgan fingerprint density at radius 2 is 1.76 bits per heavy atom. The van der Waals surface area contributed by atoms with E-state index < -0.39 is 0 Å². The Balaban J connectivity index is 1.24. The normalized spacial score (nSPS) is 14.6. The first kappa shape index (κ1) is 24.2. The van der Waals surface area contributed by atoms with Gasteiger partial charge in [-0.25, -0.2) is 4.98 Å². The van der Waals surface area contributed by atoms with Crippen molar-refractivity contribution in [1.82, 2.24) is 19.9 Å². The maximum atomic E-state index is 13.3. The van der Waals surface area contributed by atoms with E-state index in [9.17, 15) is 4.79 Å². The number of nitrogens with zero attached hydrogens (tertiary/aromatic N) is 4. The Morgan fingerprint density at radius 3 is 2.53 bits per heavy atom. The van der Waals surface area contributed by atoms with Crippen LogP contribution in [0.1, 0.15) is 38.3 Å². The summed E-state index contributed by atoms with van der Waals surface area (Å²) in [7, 11) is 0. The molecule has 0 atom stereocenters. The highest BCUT2D eigenvalue weighted by atomic mass is 16.1. The number of amides is 1. The van der Waals surface area contributed by atoms with Gasteiger partial charge >= 0.3 is 0 Å². The lowest BCUT2D eigenvalue weighted by molar-refractivity contribution is 0.102.